The van der Waals surface area contributed by atoms with Crippen LogP contribution < -0.4 is 25.3 Å². The number of carbonyl (C=O) groups is 1. The van der Waals surface area contributed by atoms with Gasteiger partial charge in [0, 0.05) is 17.8 Å². The van der Waals surface area contributed by atoms with E-state index >= 15 is 0 Å². The summed E-state index contributed by atoms with van der Waals surface area (Å²) in [4.78, 5) is 13.5. The average Bonchev–Trinajstić information content (AvgIpc) is 3.00. The van der Waals surface area contributed by atoms with Crippen LogP contribution in [0.2, 0.25) is 0 Å². The Morgan fingerprint density at radius 3 is 1.68 bits per heavy atom. The molecule has 0 bridgehead atoms. The molecule has 0 spiro atoms. The van der Waals surface area contributed by atoms with Crippen LogP contribution in [0.15, 0.2) is 127 Å². The lowest BCUT2D eigenvalue weighted by Gasteiger charge is -2.16. The number of benzene rings is 5. The Morgan fingerprint density at radius 1 is 0.575 bits per heavy atom. The van der Waals surface area contributed by atoms with Gasteiger partial charge in [0.2, 0.25) is 0 Å². The van der Waals surface area contributed by atoms with E-state index in [1.165, 1.54) is 0 Å². The molecule has 3 N–H and O–H groups in total. The molecule has 6 heteroatoms. The highest BCUT2D eigenvalue weighted by molar-refractivity contribution is 6.07. The fraction of sp³-hybridized carbons (Fsp3) is 0.0882. The fourth-order valence-corrected chi connectivity index (χ4v) is 4.06. The van der Waals surface area contributed by atoms with Crippen LogP contribution in [0.4, 0.5) is 11.4 Å². The molecular formula is C34H30N2O4. The number of nitrogens with one attached hydrogen (secondary N) is 1. The van der Waals surface area contributed by atoms with Crippen LogP contribution in [0, 0.1) is 0 Å². The molecule has 0 radical (unpaired) electrons. The lowest BCUT2D eigenvalue weighted by Crippen LogP contribution is -2.15. The molecule has 0 aromatic heterocycles. The minimum atomic E-state index is -0.341. The maximum absolute atomic E-state index is 13.5. The zero-order valence-electron chi connectivity index (χ0n) is 22.0. The molecule has 6 nitrogen and oxygen atoms in total. The van der Waals surface area contributed by atoms with Crippen LogP contribution in [-0.2, 0) is 19.8 Å². The normalized spacial score (nSPS) is 10.5. The molecule has 0 aliphatic heterocycles. The molecule has 0 fully saturated rings. The van der Waals surface area contributed by atoms with E-state index in [1.807, 2.05) is 91.0 Å². The molecule has 0 heterocycles. The Hall–Kier alpha value is -5.23. The predicted molar refractivity (Wildman–Crippen MR) is 158 cm³/mol. The topological polar surface area (TPSA) is 82.8 Å². The summed E-state index contributed by atoms with van der Waals surface area (Å²) in [6, 6.07) is 39.9. The van der Waals surface area contributed by atoms with Crippen molar-refractivity contribution in [1.29, 1.82) is 0 Å². The zero-order valence-corrected chi connectivity index (χ0v) is 22.0. The first kappa shape index (κ1) is 26.4. The standard InChI is InChI=1S/C34H30N2O4/c35-28-16-19-31(33(20-28)40-24-27-14-8-3-9-15-27)36-34(37)30-18-17-29(38-22-25-10-4-1-5-11-25)21-32(30)39-23-26-12-6-2-7-13-26/h1-21H,22-24,35H2,(H,36,37). The number of hydrogen-bond donors (Lipinski definition) is 2. The smallest absolute Gasteiger partial charge is 0.259 e. The minimum Gasteiger partial charge on any atom is -0.489 e. The van der Waals surface area contributed by atoms with Gasteiger partial charge in [-0.1, -0.05) is 91.0 Å². The van der Waals surface area contributed by atoms with Gasteiger partial charge in [0.1, 0.15) is 37.1 Å². The summed E-state index contributed by atoms with van der Waals surface area (Å²) >= 11 is 0. The summed E-state index contributed by atoms with van der Waals surface area (Å²) in [6.07, 6.45) is 0. The van der Waals surface area contributed by atoms with Gasteiger partial charge in [-0.2, -0.15) is 0 Å². The summed E-state index contributed by atoms with van der Waals surface area (Å²) in [5.74, 6) is 1.15. The molecule has 200 valence electrons. The van der Waals surface area contributed by atoms with Crippen LogP contribution in [-0.4, -0.2) is 5.91 Å². The third-order valence-corrected chi connectivity index (χ3v) is 6.17. The highest BCUT2D eigenvalue weighted by atomic mass is 16.5. The van der Waals surface area contributed by atoms with E-state index in [0.29, 0.717) is 54.0 Å². The highest BCUT2D eigenvalue weighted by Crippen LogP contribution is 2.31. The van der Waals surface area contributed by atoms with Gasteiger partial charge in [0.05, 0.1) is 11.3 Å². The van der Waals surface area contributed by atoms with Crippen molar-refractivity contribution in [2.45, 2.75) is 19.8 Å². The fourth-order valence-electron chi connectivity index (χ4n) is 4.06. The maximum Gasteiger partial charge on any atom is 0.259 e. The Balaban J connectivity index is 1.36. The molecule has 0 saturated carbocycles. The van der Waals surface area contributed by atoms with Gasteiger partial charge in [-0.3, -0.25) is 4.79 Å². The summed E-state index contributed by atoms with van der Waals surface area (Å²) in [5.41, 5.74) is 10.5. The van der Waals surface area contributed by atoms with E-state index in [9.17, 15) is 4.79 Å². The monoisotopic (exact) mass is 530 g/mol. The van der Waals surface area contributed by atoms with Crippen LogP contribution in [0.1, 0.15) is 27.0 Å². The lowest BCUT2D eigenvalue weighted by atomic mass is 10.1. The number of carbonyl (C=O) groups excluding carboxylic acids is 1. The number of nitrogen functional groups attached to an aromatic ring is 1. The summed E-state index contributed by atoms with van der Waals surface area (Å²) in [7, 11) is 0. The van der Waals surface area contributed by atoms with E-state index < -0.39 is 0 Å². The first-order valence-electron chi connectivity index (χ1n) is 13.0. The lowest BCUT2D eigenvalue weighted by molar-refractivity contribution is 0.102. The third-order valence-electron chi connectivity index (χ3n) is 6.17. The Labute approximate surface area is 234 Å². The van der Waals surface area contributed by atoms with Crippen LogP contribution in [0.3, 0.4) is 0 Å². The van der Waals surface area contributed by atoms with Crippen LogP contribution in [0.25, 0.3) is 0 Å². The number of ether oxygens (including phenoxy) is 3. The number of nitrogens with two attached hydrogens (primary N) is 1. The van der Waals surface area contributed by atoms with E-state index in [1.54, 1.807) is 36.4 Å². The second-order valence-electron chi connectivity index (χ2n) is 9.19. The van der Waals surface area contributed by atoms with E-state index in [0.717, 1.165) is 16.7 Å². The number of anilines is 2. The SMILES string of the molecule is Nc1ccc(NC(=O)c2ccc(OCc3ccccc3)cc2OCc2ccccc2)c(OCc2ccccc2)c1. The second kappa shape index (κ2) is 13.0. The molecule has 5 rings (SSSR count). The first-order chi connectivity index (χ1) is 19.6. The van der Waals surface area contributed by atoms with Gasteiger partial charge in [-0.05, 0) is 41.0 Å². The van der Waals surface area contributed by atoms with Gasteiger partial charge in [-0.25, -0.2) is 0 Å². The van der Waals surface area contributed by atoms with Crippen molar-refractivity contribution in [3.8, 4) is 17.2 Å². The van der Waals surface area contributed by atoms with Gasteiger partial charge >= 0.3 is 0 Å². The Bertz CT molecular complexity index is 1540. The number of hydrogen-bond acceptors (Lipinski definition) is 5. The van der Waals surface area contributed by atoms with Crippen molar-refractivity contribution >= 4 is 17.3 Å². The van der Waals surface area contributed by atoms with Crippen LogP contribution in [0.5, 0.6) is 17.2 Å². The molecule has 0 unspecified atom stereocenters. The molecule has 5 aromatic rings. The maximum atomic E-state index is 13.5. The van der Waals surface area contributed by atoms with Crippen molar-refractivity contribution in [2.24, 2.45) is 0 Å². The van der Waals surface area contributed by atoms with Crippen molar-refractivity contribution in [2.75, 3.05) is 11.1 Å². The molecule has 40 heavy (non-hydrogen) atoms. The first-order valence-corrected chi connectivity index (χ1v) is 13.0. The molecule has 1 amide bonds. The number of amides is 1. The Kier molecular flexibility index (Phi) is 8.59. The molecular weight excluding hydrogens is 500 g/mol. The van der Waals surface area contributed by atoms with Gasteiger partial charge in [0.25, 0.3) is 5.91 Å². The summed E-state index contributed by atoms with van der Waals surface area (Å²) in [6.45, 7) is 1.04. The van der Waals surface area contributed by atoms with E-state index in [-0.39, 0.29) is 5.91 Å². The molecule has 0 atom stereocenters. The van der Waals surface area contributed by atoms with Crippen molar-refractivity contribution < 1.29 is 19.0 Å². The largest absolute Gasteiger partial charge is 0.489 e. The Morgan fingerprint density at radius 2 is 1.10 bits per heavy atom. The van der Waals surface area contributed by atoms with Gasteiger partial charge in [-0.15, -0.1) is 0 Å². The van der Waals surface area contributed by atoms with Crippen LogP contribution >= 0.6 is 0 Å². The second-order valence-corrected chi connectivity index (χ2v) is 9.19. The third kappa shape index (κ3) is 7.20. The van der Waals surface area contributed by atoms with Gasteiger partial charge < -0.3 is 25.3 Å². The van der Waals surface area contributed by atoms with Crippen molar-refractivity contribution in [3.63, 3.8) is 0 Å². The molecule has 0 aliphatic rings. The molecule has 0 aliphatic carbocycles. The van der Waals surface area contributed by atoms with E-state index in [2.05, 4.69) is 5.32 Å². The van der Waals surface area contributed by atoms with Crippen molar-refractivity contribution in [1.82, 2.24) is 0 Å². The van der Waals surface area contributed by atoms with E-state index in [4.69, 9.17) is 19.9 Å². The predicted octanol–water partition coefficient (Wildman–Crippen LogP) is 7.26. The average molecular weight is 531 g/mol. The highest BCUT2D eigenvalue weighted by Gasteiger charge is 2.17. The van der Waals surface area contributed by atoms with Gasteiger partial charge in [0.15, 0.2) is 0 Å². The summed E-state index contributed by atoms with van der Waals surface area (Å²) < 4.78 is 18.2. The zero-order chi connectivity index (χ0) is 27.6. The summed E-state index contributed by atoms with van der Waals surface area (Å²) in [5, 5.41) is 2.97. The number of rotatable bonds is 11. The minimum absolute atomic E-state index is 0.302. The van der Waals surface area contributed by atoms with Crippen molar-refractivity contribution in [3.05, 3.63) is 150 Å². The quantitative estimate of drug-likeness (QED) is 0.176. The molecule has 0 saturated heterocycles. The molecule has 5 aromatic carbocycles.